The Morgan fingerprint density at radius 1 is 0.333 bits per heavy atom. The molecular formula is C60H47BN2. The SMILES string of the molecule is Cc1cc2c3c(c1)N(c1cc(-c4ccccc4)cc(-c4ccccc4)c1)c1cc4c(cc1B3c1ccccc1N2c1cc(-c2ccccc2)cc(-c2ccccc2)c1)CCCCC4. The van der Waals surface area contributed by atoms with Gasteiger partial charge in [0.15, 0.2) is 0 Å². The number of hydrogen-bond acceptors (Lipinski definition) is 2. The van der Waals surface area contributed by atoms with Crippen LogP contribution in [0.1, 0.15) is 36.0 Å². The third-order valence-electron chi connectivity index (χ3n) is 13.6. The number of hydrogen-bond donors (Lipinski definition) is 0. The summed E-state index contributed by atoms with van der Waals surface area (Å²) in [6.07, 6.45) is 6.01. The number of nitrogens with zero attached hydrogens (tertiary/aromatic N) is 2. The quantitative estimate of drug-likeness (QED) is 0.122. The Morgan fingerprint density at radius 2 is 0.746 bits per heavy atom. The summed E-state index contributed by atoms with van der Waals surface area (Å²) in [5, 5.41) is 0. The van der Waals surface area contributed by atoms with Gasteiger partial charge in [-0.25, -0.2) is 0 Å². The van der Waals surface area contributed by atoms with Crippen molar-refractivity contribution in [2.24, 2.45) is 0 Å². The zero-order chi connectivity index (χ0) is 41.9. The Labute approximate surface area is 371 Å². The minimum absolute atomic E-state index is 0.0691. The molecule has 2 nitrogen and oxygen atoms in total. The number of para-hydroxylation sites is 1. The second-order valence-corrected chi connectivity index (χ2v) is 17.6. The second-order valence-electron chi connectivity index (χ2n) is 17.6. The highest BCUT2D eigenvalue weighted by Gasteiger charge is 2.44. The Kier molecular flexibility index (Phi) is 9.22. The first-order valence-electron chi connectivity index (χ1n) is 22.7. The highest BCUT2D eigenvalue weighted by atomic mass is 15.2. The highest BCUT2D eigenvalue weighted by Crippen LogP contribution is 2.48. The van der Waals surface area contributed by atoms with E-state index in [4.69, 9.17) is 0 Å². The number of rotatable bonds is 6. The van der Waals surface area contributed by atoms with Gasteiger partial charge in [0, 0.05) is 34.1 Å². The van der Waals surface area contributed by atoms with Crippen molar-refractivity contribution in [1.82, 2.24) is 0 Å². The van der Waals surface area contributed by atoms with E-state index in [0.717, 1.165) is 18.5 Å². The van der Waals surface area contributed by atoms with Gasteiger partial charge in [-0.2, -0.15) is 0 Å². The largest absolute Gasteiger partial charge is 0.311 e. The van der Waals surface area contributed by atoms with E-state index in [0.29, 0.717) is 0 Å². The molecule has 0 unspecified atom stereocenters. The lowest BCUT2D eigenvalue weighted by Gasteiger charge is -2.45. The van der Waals surface area contributed by atoms with Crippen LogP contribution in [0.3, 0.4) is 0 Å². The van der Waals surface area contributed by atoms with Crippen LogP contribution in [0, 0.1) is 6.92 Å². The maximum Gasteiger partial charge on any atom is 0.252 e. The molecule has 0 aromatic heterocycles. The molecule has 12 rings (SSSR count). The smallest absolute Gasteiger partial charge is 0.252 e. The molecule has 2 aliphatic heterocycles. The molecule has 3 heteroatoms. The van der Waals surface area contributed by atoms with Gasteiger partial charge >= 0.3 is 0 Å². The van der Waals surface area contributed by atoms with E-state index < -0.39 is 0 Å². The van der Waals surface area contributed by atoms with Crippen molar-refractivity contribution in [2.45, 2.75) is 39.0 Å². The number of fused-ring (bicyclic) bond motifs is 5. The topological polar surface area (TPSA) is 6.48 Å². The van der Waals surface area contributed by atoms with Crippen molar-refractivity contribution in [2.75, 3.05) is 9.80 Å². The van der Waals surface area contributed by atoms with Gasteiger partial charge in [-0.15, -0.1) is 0 Å². The summed E-state index contributed by atoms with van der Waals surface area (Å²) < 4.78 is 0. The van der Waals surface area contributed by atoms with Crippen LogP contribution < -0.4 is 26.2 Å². The molecule has 0 radical (unpaired) electrons. The van der Waals surface area contributed by atoms with Gasteiger partial charge in [-0.05, 0) is 171 Å². The minimum atomic E-state index is 0.0691. The molecule has 3 aliphatic rings. The predicted octanol–water partition coefficient (Wildman–Crippen LogP) is 14.0. The third kappa shape index (κ3) is 6.59. The average Bonchev–Trinajstić information content (AvgIpc) is 3.59. The fraction of sp³-hybridized carbons (Fsp3) is 0.100. The van der Waals surface area contributed by atoms with Crippen LogP contribution in [0.2, 0.25) is 0 Å². The number of aryl methyl sites for hydroxylation is 3. The summed E-state index contributed by atoms with van der Waals surface area (Å²) in [5.74, 6) is 0. The van der Waals surface area contributed by atoms with Crippen LogP contribution in [0.5, 0.6) is 0 Å². The van der Waals surface area contributed by atoms with Gasteiger partial charge in [0.1, 0.15) is 0 Å². The van der Waals surface area contributed by atoms with Crippen molar-refractivity contribution < 1.29 is 0 Å². The molecule has 0 spiro atoms. The van der Waals surface area contributed by atoms with E-state index in [2.05, 4.69) is 223 Å². The van der Waals surface area contributed by atoms with Crippen molar-refractivity contribution in [3.63, 3.8) is 0 Å². The monoisotopic (exact) mass is 806 g/mol. The fourth-order valence-corrected chi connectivity index (χ4v) is 10.7. The molecule has 9 aromatic carbocycles. The van der Waals surface area contributed by atoms with E-state index in [9.17, 15) is 0 Å². The highest BCUT2D eigenvalue weighted by molar-refractivity contribution is 7.00. The van der Waals surface area contributed by atoms with Crippen LogP contribution in [0.15, 0.2) is 206 Å². The maximum absolute atomic E-state index is 2.63. The standard InChI is InChI=1S/C60H47BN2/c1-41-31-58-60-59(32-41)63(53-37-50(44-23-11-4-12-24-44)34-51(38-53)45-25-13-5-14-26-45)57-40-47-28-16-6-15-27-46(47)39-55(57)61(60)54-29-17-18-30-56(54)62(58)52-35-48(42-19-7-2-8-20-42)33-49(36-52)43-21-9-3-10-22-43/h2-5,7-14,17-26,29-40H,6,15-16,27-28H2,1H3. The van der Waals surface area contributed by atoms with Crippen LogP contribution in [0.25, 0.3) is 44.5 Å². The van der Waals surface area contributed by atoms with E-state index >= 15 is 0 Å². The molecule has 300 valence electrons. The van der Waals surface area contributed by atoms with Gasteiger partial charge in [-0.1, -0.05) is 152 Å². The summed E-state index contributed by atoms with van der Waals surface area (Å²) >= 11 is 0. The predicted molar refractivity (Wildman–Crippen MR) is 268 cm³/mol. The van der Waals surface area contributed by atoms with Crippen LogP contribution in [-0.2, 0) is 12.8 Å². The second kappa shape index (κ2) is 15.5. The molecule has 9 aromatic rings. The molecule has 0 bridgehead atoms. The lowest BCUT2D eigenvalue weighted by molar-refractivity contribution is 0.711. The number of benzene rings is 9. The number of anilines is 6. The first-order valence-corrected chi connectivity index (χ1v) is 22.7. The van der Waals surface area contributed by atoms with E-state index in [1.54, 1.807) is 0 Å². The van der Waals surface area contributed by atoms with Crippen LogP contribution >= 0.6 is 0 Å². The Balaban J connectivity index is 1.15. The molecular weight excluding hydrogens is 759 g/mol. The minimum Gasteiger partial charge on any atom is -0.311 e. The van der Waals surface area contributed by atoms with Crippen LogP contribution in [-0.4, -0.2) is 6.71 Å². The first kappa shape index (κ1) is 37.4. The van der Waals surface area contributed by atoms with Crippen molar-refractivity contribution in [1.29, 1.82) is 0 Å². The van der Waals surface area contributed by atoms with Crippen LogP contribution in [0.4, 0.5) is 34.1 Å². The van der Waals surface area contributed by atoms with Gasteiger partial charge in [0.2, 0.25) is 0 Å². The molecule has 0 N–H and O–H groups in total. The Morgan fingerprint density at radius 3 is 1.22 bits per heavy atom. The summed E-state index contributed by atoms with van der Waals surface area (Å²) in [6.45, 7) is 2.35. The van der Waals surface area contributed by atoms with Gasteiger partial charge in [0.05, 0.1) is 0 Å². The van der Waals surface area contributed by atoms with Crippen molar-refractivity contribution in [3.8, 4) is 44.5 Å². The van der Waals surface area contributed by atoms with Crippen molar-refractivity contribution in [3.05, 3.63) is 223 Å². The average molecular weight is 807 g/mol. The molecule has 2 heterocycles. The molecule has 63 heavy (non-hydrogen) atoms. The Hall–Kier alpha value is -7.36. The Bertz CT molecular complexity index is 3040. The van der Waals surface area contributed by atoms with E-state index in [1.807, 2.05) is 0 Å². The molecule has 0 saturated carbocycles. The van der Waals surface area contributed by atoms with Gasteiger partial charge in [-0.3, -0.25) is 0 Å². The molecule has 0 amide bonds. The van der Waals surface area contributed by atoms with Gasteiger partial charge in [0.25, 0.3) is 6.71 Å². The summed E-state index contributed by atoms with van der Waals surface area (Å²) in [6, 6.07) is 77.2. The summed E-state index contributed by atoms with van der Waals surface area (Å²) in [7, 11) is 0. The summed E-state index contributed by atoms with van der Waals surface area (Å²) in [5.41, 5.74) is 25.4. The van der Waals surface area contributed by atoms with Gasteiger partial charge < -0.3 is 9.80 Å². The lowest BCUT2D eigenvalue weighted by Crippen LogP contribution is -2.61. The normalized spacial score (nSPS) is 13.7. The fourth-order valence-electron chi connectivity index (χ4n) is 10.7. The molecule has 0 saturated heterocycles. The first-order chi connectivity index (χ1) is 31.1. The van der Waals surface area contributed by atoms with E-state index in [1.165, 1.54) is 125 Å². The summed E-state index contributed by atoms with van der Waals surface area (Å²) in [4.78, 5) is 5.20. The zero-order valence-electron chi connectivity index (χ0n) is 35.6. The third-order valence-corrected chi connectivity index (χ3v) is 13.6. The molecule has 0 atom stereocenters. The molecule has 1 aliphatic carbocycles. The molecule has 0 fully saturated rings. The van der Waals surface area contributed by atoms with Crippen molar-refractivity contribution >= 4 is 57.2 Å². The maximum atomic E-state index is 2.63. The zero-order valence-corrected chi connectivity index (χ0v) is 35.6. The lowest BCUT2D eigenvalue weighted by atomic mass is 9.33. The van der Waals surface area contributed by atoms with E-state index in [-0.39, 0.29) is 6.71 Å².